The van der Waals surface area contributed by atoms with Crippen LogP contribution < -0.4 is 0 Å². The quantitative estimate of drug-likeness (QED) is 0.579. The third-order valence-electron chi connectivity index (χ3n) is 2.16. The number of hydrogen-bond donors (Lipinski definition) is 0. The molecule has 0 aliphatic rings. The van der Waals surface area contributed by atoms with Crippen LogP contribution in [-0.2, 0) is 4.74 Å². The number of thioether (sulfide) groups is 1. The first-order chi connectivity index (χ1) is 9.16. The predicted molar refractivity (Wildman–Crippen MR) is 69.9 cm³/mol. The molecule has 0 atom stereocenters. The van der Waals surface area contributed by atoms with E-state index in [2.05, 4.69) is 10.2 Å². The van der Waals surface area contributed by atoms with Gasteiger partial charge < -0.3 is 9.15 Å². The number of hydrogen-bond acceptors (Lipinski definition) is 6. The van der Waals surface area contributed by atoms with Crippen LogP contribution in [0.15, 0.2) is 21.1 Å². The number of thiophene rings is 1. The smallest absolute Gasteiger partial charge is 0.276 e. The monoisotopic (exact) mass is 306 g/mol. The molecule has 0 aromatic carbocycles. The van der Waals surface area contributed by atoms with E-state index in [4.69, 9.17) is 9.15 Å². The van der Waals surface area contributed by atoms with Crippen molar-refractivity contribution in [3.63, 3.8) is 0 Å². The van der Waals surface area contributed by atoms with Gasteiger partial charge in [-0.05, 0) is 23.9 Å². The van der Waals surface area contributed by atoms with Gasteiger partial charge in [0.25, 0.3) is 17.5 Å². The summed E-state index contributed by atoms with van der Waals surface area (Å²) >= 11 is 2.83. The number of aromatic nitrogens is 2. The fraction of sp³-hybridized carbons (Fsp3) is 0.455. The topological polar surface area (TPSA) is 48.2 Å². The van der Waals surface area contributed by atoms with Crippen molar-refractivity contribution in [2.45, 2.75) is 18.6 Å². The van der Waals surface area contributed by atoms with E-state index in [1.165, 1.54) is 23.1 Å². The average molecular weight is 306 g/mol. The highest BCUT2D eigenvalue weighted by Crippen LogP contribution is 2.29. The molecule has 2 rings (SSSR count). The Morgan fingerprint density at radius 2 is 2.32 bits per heavy atom. The van der Waals surface area contributed by atoms with Gasteiger partial charge in [0, 0.05) is 5.75 Å². The van der Waals surface area contributed by atoms with Crippen molar-refractivity contribution < 1.29 is 17.9 Å². The van der Waals surface area contributed by atoms with Crippen LogP contribution in [0.3, 0.4) is 0 Å². The number of ether oxygens (including phenoxy) is 1. The highest BCUT2D eigenvalue weighted by Gasteiger charge is 2.12. The molecular formula is C11H12F2N2O2S2. The van der Waals surface area contributed by atoms with Gasteiger partial charge in [0.05, 0.1) is 11.5 Å². The summed E-state index contributed by atoms with van der Waals surface area (Å²) in [5.41, 5.74) is 1.09. The molecule has 0 fully saturated rings. The Morgan fingerprint density at radius 3 is 3.00 bits per heavy atom. The van der Waals surface area contributed by atoms with Crippen LogP contribution in [0.2, 0.25) is 0 Å². The molecule has 0 bridgehead atoms. The maximum absolute atomic E-state index is 11.8. The summed E-state index contributed by atoms with van der Waals surface area (Å²) in [6, 6.07) is 1.98. The minimum atomic E-state index is -2.43. The maximum Gasteiger partial charge on any atom is 0.276 e. The zero-order chi connectivity index (χ0) is 13.7. The van der Waals surface area contributed by atoms with E-state index in [1.807, 2.05) is 18.4 Å². The summed E-state index contributed by atoms with van der Waals surface area (Å²) in [5.74, 6) is 0.987. The first kappa shape index (κ1) is 14.4. The molecule has 0 aliphatic heterocycles. The van der Waals surface area contributed by atoms with Crippen molar-refractivity contribution in [2.24, 2.45) is 0 Å². The molecule has 104 valence electrons. The van der Waals surface area contributed by atoms with Gasteiger partial charge in [-0.15, -0.1) is 21.5 Å². The lowest BCUT2D eigenvalue weighted by atomic mass is 10.3. The summed E-state index contributed by atoms with van der Waals surface area (Å²) in [6.07, 6.45) is -2.43. The van der Waals surface area contributed by atoms with Crippen LogP contribution in [0.1, 0.15) is 5.56 Å². The largest absolute Gasteiger partial charge is 0.410 e. The van der Waals surface area contributed by atoms with Gasteiger partial charge in [-0.3, -0.25) is 0 Å². The Labute approximate surface area is 117 Å². The number of alkyl halides is 2. The van der Waals surface area contributed by atoms with Crippen LogP contribution in [-0.4, -0.2) is 35.6 Å². The molecule has 0 spiro atoms. The third-order valence-corrected chi connectivity index (χ3v) is 3.95. The van der Waals surface area contributed by atoms with Gasteiger partial charge >= 0.3 is 0 Å². The van der Waals surface area contributed by atoms with Gasteiger partial charge in [0.2, 0.25) is 0 Å². The Bertz CT molecular complexity index is 516. The lowest BCUT2D eigenvalue weighted by molar-refractivity contribution is 0.0237. The molecule has 0 saturated heterocycles. The molecule has 0 radical (unpaired) electrons. The van der Waals surface area contributed by atoms with Crippen molar-refractivity contribution in [1.29, 1.82) is 0 Å². The van der Waals surface area contributed by atoms with E-state index in [1.54, 1.807) is 0 Å². The molecule has 0 unspecified atom stereocenters. The zero-order valence-electron chi connectivity index (χ0n) is 10.1. The van der Waals surface area contributed by atoms with Gasteiger partial charge in [-0.2, -0.15) is 0 Å². The molecule has 0 N–H and O–H groups in total. The van der Waals surface area contributed by atoms with Crippen LogP contribution in [0.25, 0.3) is 10.8 Å². The van der Waals surface area contributed by atoms with Crippen LogP contribution >= 0.6 is 23.1 Å². The van der Waals surface area contributed by atoms with E-state index < -0.39 is 13.0 Å². The minimum Gasteiger partial charge on any atom is -0.410 e. The molecule has 0 amide bonds. The normalized spacial score (nSPS) is 11.4. The van der Waals surface area contributed by atoms with E-state index >= 15 is 0 Å². The zero-order valence-corrected chi connectivity index (χ0v) is 11.8. The number of halogens is 2. The van der Waals surface area contributed by atoms with Gasteiger partial charge in [-0.1, -0.05) is 11.8 Å². The first-order valence-corrected chi connectivity index (χ1v) is 7.40. The van der Waals surface area contributed by atoms with Crippen molar-refractivity contribution >= 4 is 23.1 Å². The molecule has 4 nitrogen and oxygen atoms in total. The van der Waals surface area contributed by atoms with Crippen LogP contribution in [0.4, 0.5) is 8.78 Å². The van der Waals surface area contributed by atoms with Gasteiger partial charge in [0.15, 0.2) is 0 Å². The summed E-state index contributed by atoms with van der Waals surface area (Å²) in [4.78, 5) is 0.952. The average Bonchev–Trinajstić information content (AvgIpc) is 2.97. The number of nitrogens with zero attached hydrogens (tertiary/aromatic N) is 2. The van der Waals surface area contributed by atoms with E-state index in [9.17, 15) is 8.78 Å². The summed E-state index contributed by atoms with van der Waals surface area (Å²) in [5, 5.41) is 10.2. The lowest BCUT2D eigenvalue weighted by Gasteiger charge is -2.00. The maximum atomic E-state index is 11.8. The van der Waals surface area contributed by atoms with Gasteiger partial charge in [0.1, 0.15) is 6.61 Å². The van der Waals surface area contributed by atoms with Crippen LogP contribution in [0.5, 0.6) is 0 Å². The molecule has 8 heteroatoms. The van der Waals surface area contributed by atoms with Crippen molar-refractivity contribution in [3.05, 3.63) is 17.0 Å². The van der Waals surface area contributed by atoms with Gasteiger partial charge in [-0.25, -0.2) is 8.78 Å². The molecular weight excluding hydrogens is 294 g/mol. The number of rotatable bonds is 7. The molecule has 19 heavy (non-hydrogen) atoms. The minimum absolute atomic E-state index is 0.227. The van der Waals surface area contributed by atoms with E-state index in [0.29, 0.717) is 16.9 Å². The molecule has 2 heterocycles. The Kier molecular flexibility index (Phi) is 5.29. The Morgan fingerprint density at radius 1 is 1.47 bits per heavy atom. The Balaban J connectivity index is 1.80. The van der Waals surface area contributed by atoms with E-state index in [-0.39, 0.29) is 6.61 Å². The standard InChI is InChI=1S/C11H12F2N2O2S2/c1-7-2-4-18-9(7)10-14-15-11(17-10)19-5-3-16-6-8(12)13/h2,4,8H,3,5-6H2,1H3. The molecule has 2 aromatic heterocycles. The molecule has 0 saturated carbocycles. The summed E-state index contributed by atoms with van der Waals surface area (Å²) < 4.78 is 33.9. The highest BCUT2D eigenvalue weighted by molar-refractivity contribution is 7.99. The predicted octanol–water partition coefficient (Wildman–Crippen LogP) is 3.48. The summed E-state index contributed by atoms with van der Waals surface area (Å²) in [6.45, 7) is 1.66. The van der Waals surface area contributed by atoms with Crippen molar-refractivity contribution in [2.75, 3.05) is 19.0 Å². The van der Waals surface area contributed by atoms with Crippen molar-refractivity contribution in [3.8, 4) is 10.8 Å². The summed E-state index contributed by atoms with van der Waals surface area (Å²) in [7, 11) is 0. The molecule has 0 aliphatic carbocycles. The number of aryl methyl sites for hydroxylation is 1. The first-order valence-electron chi connectivity index (χ1n) is 5.53. The van der Waals surface area contributed by atoms with Crippen molar-refractivity contribution in [1.82, 2.24) is 10.2 Å². The highest BCUT2D eigenvalue weighted by atomic mass is 32.2. The lowest BCUT2D eigenvalue weighted by Crippen LogP contribution is -2.06. The second-order valence-electron chi connectivity index (χ2n) is 3.62. The fourth-order valence-electron chi connectivity index (χ4n) is 1.31. The second-order valence-corrected chi connectivity index (χ2v) is 5.58. The van der Waals surface area contributed by atoms with Crippen LogP contribution in [0, 0.1) is 6.92 Å². The SMILES string of the molecule is Cc1ccsc1-c1nnc(SCCOCC(F)F)o1. The Hall–Kier alpha value is -0.990. The molecule has 2 aromatic rings. The van der Waals surface area contributed by atoms with E-state index in [0.717, 1.165) is 10.4 Å². The third kappa shape index (κ3) is 4.26. The second kappa shape index (κ2) is 6.97. The fourth-order valence-corrected chi connectivity index (χ4v) is 2.77.